The second-order valence-electron chi connectivity index (χ2n) is 8.82. The van der Waals surface area contributed by atoms with Crippen molar-refractivity contribution in [1.29, 1.82) is 0 Å². The lowest BCUT2D eigenvalue weighted by molar-refractivity contribution is 0.0928. The van der Waals surface area contributed by atoms with Crippen molar-refractivity contribution >= 4 is 28.7 Å². The molecule has 1 fully saturated rings. The molecule has 35 heavy (non-hydrogen) atoms. The quantitative estimate of drug-likeness (QED) is 0.319. The van der Waals surface area contributed by atoms with Crippen LogP contribution in [0.4, 0.5) is 11.6 Å². The Morgan fingerprint density at radius 3 is 2.80 bits per heavy atom. The van der Waals surface area contributed by atoms with Gasteiger partial charge in [0.05, 0.1) is 6.04 Å². The maximum absolute atomic E-state index is 12.7. The number of rotatable bonds is 7. The van der Waals surface area contributed by atoms with Crippen molar-refractivity contribution in [1.82, 2.24) is 40.6 Å². The number of nitrogens with zero attached hydrogens (tertiary/aromatic N) is 6. The van der Waals surface area contributed by atoms with Crippen molar-refractivity contribution in [2.24, 2.45) is 0 Å². The highest BCUT2D eigenvalue weighted by molar-refractivity contribution is 5.93. The second kappa shape index (κ2) is 8.01. The van der Waals surface area contributed by atoms with Gasteiger partial charge in [0, 0.05) is 29.3 Å². The zero-order chi connectivity index (χ0) is 24.0. The van der Waals surface area contributed by atoms with Crippen LogP contribution in [0.1, 0.15) is 54.7 Å². The molecule has 176 valence electrons. The van der Waals surface area contributed by atoms with Gasteiger partial charge >= 0.3 is 0 Å². The molecule has 5 heterocycles. The maximum atomic E-state index is 12.7. The van der Waals surface area contributed by atoms with E-state index >= 15 is 0 Å². The van der Waals surface area contributed by atoms with E-state index in [4.69, 9.17) is 14.0 Å². The summed E-state index contributed by atoms with van der Waals surface area (Å²) in [7, 11) is 0. The van der Waals surface area contributed by atoms with E-state index in [0.29, 0.717) is 28.9 Å². The number of hydrogen-bond donors (Lipinski definition) is 3. The summed E-state index contributed by atoms with van der Waals surface area (Å²) in [5, 5.41) is 13.7. The molecule has 5 aromatic rings. The number of carbonyl (C=O) groups excluding carboxylic acids is 1. The van der Waals surface area contributed by atoms with Crippen molar-refractivity contribution in [3.63, 3.8) is 0 Å². The molecule has 0 saturated heterocycles. The van der Waals surface area contributed by atoms with E-state index in [-0.39, 0.29) is 11.1 Å². The molecular formula is C23H21N9O3. The van der Waals surface area contributed by atoms with Crippen LogP contribution in [0, 0.1) is 0 Å². The van der Waals surface area contributed by atoms with Crippen LogP contribution >= 0.6 is 0 Å². The fraction of sp³-hybridized carbons (Fsp3) is 0.261. The summed E-state index contributed by atoms with van der Waals surface area (Å²) in [6, 6.07) is 8.43. The highest BCUT2D eigenvalue weighted by Crippen LogP contribution is 2.46. The molecule has 0 unspecified atom stereocenters. The van der Waals surface area contributed by atoms with Crippen molar-refractivity contribution in [3.8, 4) is 11.5 Å². The molecule has 0 aromatic carbocycles. The van der Waals surface area contributed by atoms with Gasteiger partial charge in [-0.1, -0.05) is 17.2 Å². The first kappa shape index (κ1) is 21.0. The number of imidazole rings is 1. The average Bonchev–Trinajstić information content (AvgIpc) is 3.30. The van der Waals surface area contributed by atoms with Crippen LogP contribution in [-0.2, 0) is 5.41 Å². The Kier molecular flexibility index (Phi) is 4.80. The minimum absolute atomic E-state index is 0.171. The molecule has 5 aromatic heterocycles. The van der Waals surface area contributed by atoms with Crippen LogP contribution in [0.5, 0.6) is 0 Å². The van der Waals surface area contributed by atoms with Gasteiger partial charge in [0.25, 0.3) is 5.91 Å². The van der Waals surface area contributed by atoms with Crippen LogP contribution in [0.3, 0.4) is 0 Å². The lowest BCUT2D eigenvalue weighted by atomic mass is 10.1. The highest BCUT2D eigenvalue weighted by Gasteiger charge is 2.40. The number of amides is 1. The molecule has 1 amide bonds. The second-order valence-corrected chi connectivity index (χ2v) is 8.82. The van der Waals surface area contributed by atoms with Gasteiger partial charge < -0.3 is 24.7 Å². The van der Waals surface area contributed by atoms with E-state index < -0.39 is 11.9 Å². The first-order valence-corrected chi connectivity index (χ1v) is 11.1. The molecule has 1 saturated carbocycles. The summed E-state index contributed by atoms with van der Waals surface area (Å²) < 4.78 is 10.3. The van der Waals surface area contributed by atoms with Gasteiger partial charge in [-0.05, 0) is 31.9 Å². The van der Waals surface area contributed by atoms with Crippen LogP contribution in [-0.4, -0.2) is 41.1 Å². The van der Waals surface area contributed by atoms with E-state index in [1.165, 1.54) is 18.7 Å². The predicted molar refractivity (Wildman–Crippen MR) is 124 cm³/mol. The molecule has 3 N–H and O–H groups in total. The molecule has 0 spiro atoms. The molecule has 0 bridgehead atoms. The standard InChI is InChI=1S/C23H21N9O3/c1-12(26-22(33)15-10-19(25-11-24-15)29-18-5-8-34-32-18)16-9-14(31-35-16)21-27-13-3-4-17(23(2)6-7-23)28-20(13)30-21/h3-5,8-12H,6-7H2,1-2H3,(H,26,33)(H,27,28,30)(H,24,25,29,32)/t12-/m1/s1. The number of nitrogens with one attached hydrogen (secondary N) is 3. The predicted octanol–water partition coefficient (Wildman–Crippen LogP) is 3.68. The largest absolute Gasteiger partial charge is 0.363 e. The van der Waals surface area contributed by atoms with Crippen LogP contribution in [0.2, 0.25) is 0 Å². The molecule has 12 nitrogen and oxygen atoms in total. The molecule has 0 aliphatic heterocycles. The highest BCUT2D eigenvalue weighted by atomic mass is 16.5. The zero-order valence-corrected chi connectivity index (χ0v) is 18.9. The molecule has 1 atom stereocenters. The van der Waals surface area contributed by atoms with Crippen molar-refractivity contribution < 1.29 is 13.8 Å². The van der Waals surface area contributed by atoms with Gasteiger partial charge in [0.15, 0.2) is 23.0 Å². The van der Waals surface area contributed by atoms with Gasteiger partial charge in [0.2, 0.25) is 0 Å². The van der Waals surface area contributed by atoms with Gasteiger partial charge in [-0.2, -0.15) is 0 Å². The van der Waals surface area contributed by atoms with Crippen molar-refractivity contribution in [2.45, 2.75) is 38.1 Å². The number of carbonyl (C=O) groups is 1. The Bertz CT molecular complexity index is 1520. The number of hydrogen-bond acceptors (Lipinski definition) is 10. The Morgan fingerprint density at radius 2 is 2.00 bits per heavy atom. The lowest BCUT2D eigenvalue weighted by Gasteiger charge is -2.10. The Balaban J connectivity index is 1.16. The average molecular weight is 471 g/mol. The van der Waals surface area contributed by atoms with E-state index in [0.717, 1.165) is 29.7 Å². The van der Waals surface area contributed by atoms with Crippen molar-refractivity contribution in [3.05, 3.63) is 60.1 Å². The fourth-order valence-electron chi connectivity index (χ4n) is 3.70. The smallest absolute Gasteiger partial charge is 0.270 e. The summed E-state index contributed by atoms with van der Waals surface area (Å²) >= 11 is 0. The zero-order valence-electron chi connectivity index (χ0n) is 18.9. The van der Waals surface area contributed by atoms with Crippen LogP contribution in [0.25, 0.3) is 22.7 Å². The van der Waals surface area contributed by atoms with Gasteiger partial charge in [0.1, 0.15) is 35.3 Å². The third kappa shape index (κ3) is 4.09. The van der Waals surface area contributed by atoms with E-state index in [9.17, 15) is 4.79 Å². The number of aromatic amines is 1. The minimum Gasteiger partial charge on any atom is -0.363 e. The Hall–Kier alpha value is -4.61. The topological polar surface area (TPSA) is 161 Å². The normalized spacial score (nSPS) is 15.1. The third-order valence-electron chi connectivity index (χ3n) is 6.10. The van der Waals surface area contributed by atoms with Gasteiger partial charge in [-0.3, -0.25) is 4.79 Å². The molecule has 1 aliphatic rings. The molecule has 0 radical (unpaired) electrons. The number of pyridine rings is 1. The van der Waals surface area contributed by atoms with E-state index in [2.05, 4.69) is 47.8 Å². The first-order chi connectivity index (χ1) is 17.0. The van der Waals surface area contributed by atoms with Gasteiger partial charge in [-0.15, -0.1) is 0 Å². The maximum Gasteiger partial charge on any atom is 0.270 e. The van der Waals surface area contributed by atoms with Gasteiger partial charge in [-0.25, -0.2) is 19.9 Å². The third-order valence-corrected chi connectivity index (χ3v) is 6.10. The molecule has 1 aliphatic carbocycles. The number of H-pyrrole nitrogens is 1. The van der Waals surface area contributed by atoms with Crippen molar-refractivity contribution in [2.75, 3.05) is 5.32 Å². The Morgan fingerprint density at radius 1 is 1.11 bits per heavy atom. The number of fused-ring (bicyclic) bond motifs is 1. The number of aromatic nitrogens is 7. The molecule has 6 rings (SSSR count). The van der Waals surface area contributed by atoms with Crippen LogP contribution < -0.4 is 10.6 Å². The summed E-state index contributed by atoms with van der Waals surface area (Å²) in [6.45, 7) is 4.01. The monoisotopic (exact) mass is 471 g/mol. The molecule has 12 heteroatoms. The summed E-state index contributed by atoms with van der Waals surface area (Å²) in [5.74, 6) is 1.51. The van der Waals surface area contributed by atoms with Crippen LogP contribution in [0.15, 0.2) is 52.0 Å². The Labute approximate surface area is 198 Å². The summed E-state index contributed by atoms with van der Waals surface area (Å²) in [6.07, 6.45) is 5.02. The SMILES string of the molecule is C[C@@H](NC(=O)c1cc(Nc2ccon2)ncn1)c1cc(-c2nc3ccc(C4(C)CC4)nc3[nH]2)no1. The fourth-order valence-corrected chi connectivity index (χ4v) is 3.70. The van der Waals surface area contributed by atoms with E-state index in [1.54, 1.807) is 19.1 Å². The number of anilines is 2. The molecular weight excluding hydrogens is 450 g/mol. The lowest BCUT2D eigenvalue weighted by Crippen LogP contribution is -2.27. The first-order valence-electron chi connectivity index (χ1n) is 11.1. The summed E-state index contributed by atoms with van der Waals surface area (Å²) in [4.78, 5) is 33.4. The minimum atomic E-state index is -0.463. The van der Waals surface area contributed by atoms with E-state index in [1.807, 2.05) is 12.1 Å². The summed E-state index contributed by atoms with van der Waals surface area (Å²) in [5.41, 5.74) is 3.43.